The quantitative estimate of drug-likeness (QED) is 0.765. The molecule has 2 unspecified atom stereocenters. The van der Waals surface area contributed by atoms with Gasteiger partial charge < -0.3 is 0 Å². The molecule has 1 aliphatic heterocycles. The Kier molecular flexibility index (Phi) is 2.99. The highest BCUT2D eigenvalue weighted by atomic mass is 32.2. The Bertz CT molecular complexity index is 639. The molecule has 0 saturated carbocycles. The molecule has 1 heterocycles. The van der Waals surface area contributed by atoms with Gasteiger partial charge in [0.25, 0.3) is 0 Å². The largest absolute Gasteiger partial charge is 0.242 e. The summed E-state index contributed by atoms with van der Waals surface area (Å²) in [4.78, 5) is 0. The van der Waals surface area contributed by atoms with Crippen LogP contribution in [0.3, 0.4) is 0 Å². The number of nitrogens with zero attached hydrogens (tertiary/aromatic N) is 1. The van der Waals surface area contributed by atoms with Crippen LogP contribution in [0.4, 0.5) is 0 Å². The summed E-state index contributed by atoms with van der Waals surface area (Å²) in [7, 11) is -0.918. The molecule has 0 spiro atoms. The minimum atomic E-state index is -0.918. The fourth-order valence-corrected chi connectivity index (χ4v) is 3.78. The van der Waals surface area contributed by atoms with E-state index in [0.29, 0.717) is 6.04 Å². The molecule has 0 amide bonds. The summed E-state index contributed by atoms with van der Waals surface area (Å²) >= 11 is 0. The zero-order valence-corrected chi connectivity index (χ0v) is 12.4. The van der Waals surface area contributed by atoms with Gasteiger partial charge >= 0.3 is 0 Å². The van der Waals surface area contributed by atoms with Gasteiger partial charge in [0, 0.05) is 6.54 Å². The fourth-order valence-electron chi connectivity index (χ4n) is 2.45. The second-order valence-electron chi connectivity index (χ2n) is 6.05. The Morgan fingerprint density at radius 1 is 1.11 bits per heavy atom. The summed E-state index contributed by atoms with van der Waals surface area (Å²) in [6, 6.07) is 15.1. The first-order chi connectivity index (χ1) is 8.98. The fraction of sp³-hybridized carbons (Fsp3) is 0.375. The van der Waals surface area contributed by atoms with E-state index in [1.54, 1.807) is 0 Å². The van der Waals surface area contributed by atoms with Crippen molar-refractivity contribution in [3.05, 3.63) is 48.0 Å². The van der Waals surface area contributed by atoms with E-state index in [1.165, 1.54) is 16.3 Å². The number of benzene rings is 2. The molecule has 2 aromatic carbocycles. The molecule has 19 heavy (non-hydrogen) atoms. The average Bonchev–Trinajstić information content (AvgIpc) is 3.16. The first kappa shape index (κ1) is 12.8. The predicted molar refractivity (Wildman–Crippen MR) is 81.3 cm³/mol. The maximum atomic E-state index is 12.4. The predicted octanol–water partition coefficient (Wildman–Crippen LogP) is 3.66. The molecule has 3 atom stereocenters. The topological polar surface area (TPSA) is 20.1 Å². The van der Waals surface area contributed by atoms with E-state index in [-0.39, 0.29) is 4.75 Å². The normalized spacial score (nSPS) is 24.4. The highest BCUT2D eigenvalue weighted by molar-refractivity contribution is 7.84. The highest BCUT2D eigenvalue weighted by Crippen LogP contribution is 2.41. The lowest BCUT2D eigenvalue weighted by atomic mass is 10.0. The van der Waals surface area contributed by atoms with Gasteiger partial charge in [-0.2, -0.15) is 0 Å². The summed E-state index contributed by atoms with van der Waals surface area (Å²) in [5, 5.41) is 2.54. The third-order valence-electron chi connectivity index (χ3n) is 3.49. The highest BCUT2D eigenvalue weighted by Gasteiger charge is 2.44. The van der Waals surface area contributed by atoms with E-state index in [2.05, 4.69) is 46.8 Å². The zero-order chi connectivity index (χ0) is 13.6. The maximum absolute atomic E-state index is 12.4. The smallest absolute Gasteiger partial charge is 0.100 e. The Morgan fingerprint density at radius 2 is 1.79 bits per heavy atom. The number of hydrogen-bond donors (Lipinski definition) is 0. The summed E-state index contributed by atoms with van der Waals surface area (Å²) < 4.78 is 14.3. The van der Waals surface area contributed by atoms with Gasteiger partial charge in [0.05, 0.1) is 10.8 Å². The van der Waals surface area contributed by atoms with Gasteiger partial charge in [-0.25, -0.2) is 8.51 Å². The van der Waals surface area contributed by atoms with Gasteiger partial charge in [-0.15, -0.1) is 0 Å². The monoisotopic (exact) mass is 273 g/mol. The van der Waals surface area contributed by atoms with Crippen molar-refractivity contribution in [2.24, 2.45) is 0 Å². The molecular weight excluding hydrogens is 254 g/mol. The van der Waals surface area contributed by atoms with Crippen LogP contribution in [-0.2, 0) is 11.0 Å². The Balaban J connectivity index is 1.94. The molecule has 3 rings (SSSR count). The summed E-state index contributed by atoms with van der Waals surface area (Å²) in [6.07, 6.45) is 0. The van der Waals surface area contributed by atoms with Gasteiger partial charge in [0.1, 0.15) is 11.0 Å². The van der Waals surface area contributed by atoms with Crippen molar-refractivity contribution in [3.8, 4) is 0 Å². The van der Waals surface area contributed by atoms with Crippen LogP contribution in [0, 0.1) is 0 Å². The van der Waals surface area contributed by atoms with Crippen LogP contribution in [0.2, 0.25) is 0 Å². The van der Waals surface area contributed by atoms with E-state index >= 15 is 0 Å². The van der Waals surface area contributed by atoms with Crippen molar-refractivity contribution in [2.75, 3.05) is 6.54 Å². The van der Waals surface area contributed by atoms with Crippen molar-refractivity contribution in [1.82, 2.24) is 4.31 Å². The third-order valence-corrected chi connectivity index (χ3v) is 5.36. The van der Waals surface area contributed by atoms with Crippen LogP contribution in [-0.4, -0.2) is 19.8 Å². The van der Waals surface area contributed by atoms with Crippen molar-refractivity contribution in [3.63, 3.8) is 0 Å². The minimum absolute atomic E-state index is 0.181. The summed E-state index contributed by atoms with van der Waals surface area (Å²) in [6.45, 7) is 6.99. The number of hydrogen-bond acceptors (Lipinski definition) is 1. The van der Waals surface area contributed by atoms with Gasteiger partial charge in [0.2, 0.25) is 0 Å². The molecule has 1 fully saturated rings. The van der Waals surface area contributed by atoms with Crippen LogP contribution in [0.15, 0.2) is 42.5 Å². The van der Waals surface area contributed by atoms with E-state index in [4.69, 9.17) is 0 Å². The lowest BCUT2D eigenvalue weighted by molar-refractivity contribution is 0.607. The molecule has 2 nitrogen and oxygen atoms in total. The maximum Gasteiger partial charge on any atom is 0.100 e. The zero-order valence-electron chi connectivity index (χ0n) is 11.6. The van der Waals surface area contributed by atoms with Gasteiger partial charge in [-0.1, -0.05) is 42.5 Å². The van der Waals surface area contributed by atoms with Crippen LogP contribution in [0.1, 0.15) is 32.4 Å². The molecule has 0 radical (unpaired) electrons. The lowest BCUT2D eigenvalue weighted by Gasteiger charge is -2.18. The van der Waals surface area contributed by atoms with Crippen LogP contribution >= 0.6 is 0 Å². The van der Waals surface area contributed by atoms with Gasteiger partial charge in [-0.05, 0) is 37.1 Å². The SMILES string of the molecule is CC(C)(C)[S@](=O)N1CC1c1cccc2ccccc12. The van der Waals surface area contributed by atoms with Crippen molar-refractivity contribution in [2.45, 2.75) is 31.6 Å². The van der Waals surface area contributed by atoms with Gasteiger partial charge in [0.15, 0.2) is 0 Å². The van der Waals surface area contributed by atoms with Crippen molar-refractivity contribution >= 4 is 21.8 Å². The summed E-state index contributed by atoms with van der Waals surface area (Å²) in [5.41, 5.74) is 1.30. The first-order valence-corrected chi connectivity index (χ1v) is 7.75. The van der Waals surface area contributed by atoms with Crippen molar-refractivity contribution < 1.29 is 4.21 Å². The lowest BCUT2D eigenvalue weighted by Crippen LogP contribution is -2.27. The standard InChI is InChI=1S/C16H19NOS/c1-16(2,3)19(18)17-11-15(17)14-10-6-8-12-7-4-5-9-13(12)14/h4-10,15H,11H2,1-3H3/t15?,17?,19-/m0/s1. The summed E-state index contributed by atoms with van der Waals surface area (Å²) in [5.74, 6) is 0. The molecule has 100 valence electrons. The first-order valence-electron chi connectivity index (χ1n) is 6.65. The molecule has 0 aromatic heterocycles. The number of fused-ring (bicyclic) bond motifs is 1. The van der Waals surface area contributed by atoms with Gasteiger partial charge in [-0.3, -0.25) is 0 Å². The Labute approximate surface area is 117 Å². The van der Waals surface area contributed by atoms with Crippen LogP contribution < -0.4 is 0 Å². The van der Waals surface area contributed by atoms with Crippen molar-refractivity contribution in [1.29, 1.82) is 0 Å². The Morgan fingerprint density at radius 3 is 2.53 bits per heavy atom. The molecule has 0 N–H and O–H groups in total. The van der Waals surface area contributed by atoms with E-state index in [0.717, 1.165) is 6.54 Å². The molecule has 1 saturated heterocycles. The van der Waals surface area contributed by atoms with Crippen LogP contribution in [0.5, 0.6) is 0 Å². The molecule has 3 heteroatoms. The number of rotatable bonds is 2. The molecule has 0 bridgehead atoms. The van der Waals surface area contributed by atoms with E-state index in [1.807, 2.05) is 20.8 Å². The van der Waals surface area contributed by atoms with E-state index in [9.17, 15) is 4.21 Å². The van der Waals surface area contributed by atoms with Crippen LogP contribution in [0.25, 0.3) is 10.8 Å². The molecule has 2 aromatic rings. The molecular formula is C16H19NOS. The minimum Gasteiger partial charge on any atom is -0.242 e. The third kappa shape index (κ3) is 2.33. The average molecular weight is 273 g/mol. The second-order valence-corrected chi connectivity index (χ2v) is 8.24. The van der Waals surface area contributed by atoms with E-state index < -0.39 is 11.0 Å². The molecule has 1 aliphatic rings. The molecule has 0 aliphatic carbocycles. The Hall–Kier alpha value is -1.19. The second kappa shape index (κ2) is 4.43.